The highest BCUT2D eigenvalue weighted by atomic mass is 79.9. The van der Waals surface area contributed by atoms with Gasteiger partial charge < -0.3 is 5.11 Å². The van der Waals surface area contributed by atoms with E-state index in [1.807, 2.05) is 29.8 Å². The molecule has 0 saturated carbocycles. The molecule has 1 N–H and O–H groups in total. The number of fused-ring (bicyclic) bond motifs is 1. The molecule has 1 aliphatic carbocycles. The first kappa shape index (κ1) is 14.3. The molecule has 1 atom stereocenters. The molecule has 5 heteroatoms. The fourth-order valence-corrected chi connectivity index (χ4v) is 3.34. The van der Waals surface area contributed by atoms with Gasteiger partial charge in [-0.3, -0.25) is 0 Å². The molecule has 1 aromatic heterocycles. The average Bonchev–Trinajstić information content (AvgIpc) is 2.80. The average molecular weight is 349 g/mol. The number of hydrogen-bond acceptors (Lipinski definition) is 2. The molecule has 0 radical (unpaired) electrons. The molecule has 0 fully saturated rings. The first-order chi connectivity index (χ1) is 9.99. The number of benzene rings is 1. The Kier molecular flexibility index (Phi) is 3.61. The second kappa shape index (κ2) is 5.30. The maximum absolute atomic E-state index is 11.5. The second-order valence-electron chi connectivity index (χ2n) is 5.72. The number of aromatic carboxylic acids is 1. The first-order valence-corrected chi connectivity index (χ1v) is 7.88. The van der Waals surface area contributed by atoms with Gasteiger partial charge in [0, 0.05) is 15.7 Å². The molecule has 0 spiro atoms. The lowest BCUT2D eigenvalue weighted by atomic mass is 9.87. The van der Waals surface area contributed by atoms with Crippen LogP contribution in [0.3, 0.4) is 0 Å². The molecule has 4 nitrogen and oxygen atoms in total. The molecule has 0 saturated heterocycles. The van der Waals surface area contributed by atoms with Crippen molar-refractivity contribution in [3.63, 3.8) is 0 Å². The lowest BCUT2D eigenvalue weighted by Crippen LogP contribution is -2.15. The Hall–Kier alpha value is -1.62. The number of hydrogen-bond donors (Lipinski definition) is 1. The maximum atomic E-state index is 11.5. The molecule has 3 rings (SSSR count). The van der Waals surface area contributed by atoms with Gasteiger partial charge in [-0.15, -0.1) is 0 Å². The number of nitrogens with zero attached hydrogens (tertiary/aromatic N) is 2. The van der Waals surface area contributed by atoms with Crippen LogP contribution in [0, 0.1) is 12.8 Å². The number of rotatable bonds is 2. The first-order valence-electron chi connectivity index (χ1n) is 7.08. The van der Waals surface area contributed by atoms with Crippen LogP contribution in [0.25, 0.3) is 5.69 Å². The number of halogens is 1. The summed E-state index contributed by atoms with van der Waals surface area (Å²) in [4.78, 5) is 11.5. The number of carboxylic acid groups (broad SMARTS) is 1. The summed E-state index contributed by atoms with van der Waals surface area (Å²) in [5, 5.41) is 13.8. The van der Waals surface area contributed by atoms with Crippen molar-refractivity contribution in [1.82, 2.24) is 9.78 Å². The molecular formula is C16H17BrN2O2. The maximum Gasteiger partial charge on any atom is 0.356 e. The highest BCUT2D eigenvalue weighted by molar-refractivity contribution is 9.10. The van der Waals surface area contributed by atoms with Gasteiger partial charge in [0.15, 0.2) is 5.69 Å². The quantitative estimate of drug-likeness (QED) is 0.898. The van der Waals surface area contributed by atoms with Crippen molar-refractivity contribution in [1.29, 1.82) is 0 Å². The Morgan fingerprint density at radius 3 is 2.95 bits per heavy atom. The van der Waals surface area contributed by atoms with Gasteiger partial charge in [0.2, 0.25) is 0 Å². The predicted octanol–water partition coefficient (Wildman–Crippen LogP) is 3.77. The van der Waals surface area contributed by atoms with E-state index in [0.29, 0.717) is 5.92 Å². The number of aromatic nitrogens is 2. The largest absolute Gasteiger partial charge is 0.476 e. The van der Waals surface area contributed by atoms with Crippen LogP contribution in [0.4, 0.5) is 0 Å². The standard InChI is InChI=1S/C16H17BrN2O2/c1-9-6-7-14-11(8-9)15(16(20)21)18-19(14)13-5-3-4-12(17)10(13)2/h3-5,9H,6-8H2,1-2H3,(H,20,21). The molecule has 2 aromatic rings. The van der Waals surface area contributed by atoms with E-state index >= 15 is 0 Å². The smallest absolute Gasteiger partial charge is 0.356 e. The van der Waals surface area contributed by atoms with Gasteiger partial charge in [0.05, 0.1) is 5.69 Å². The fourth-order valence-electron chi connectivity index (χ4n) is 2.99. The number of carboxylic acids is 1. The van der Waals surface area contributed by atoms with Crippen LogP contribution >= 0.6 is 15.9 Å². The van der Waals surface area contributed by atoms with Crippen LogP contribution in [-0.4, -0.2) is 20.9 Å². The summed E-state index contributed by atoms with van der Waals surface area (Å²) in [6, 6.07) is 5.92. The minimum Gasteiger partial charge on any atom is -0.476 e. The van der Waals surface area contributed by atoms with Crippen molar-refractivity contribution in [2.75, 3.05) is 0 Å². The summed E-state index contributed by atoms with van der Waals surface area (Å²) in [5.41, 5.74) is 4.17. The molecular weight excluding hydrogens is 332 g/mol. The molecule has 1 aliphatic rings. The lowest BCUT2D eigenvalue weighted by molar-refractivity contribution is 0.0688. The zero-order valence-corrected chi connectivity index (χ0v) is 13.6. The molecule has 110 valence electrons. The summed E-state index contributed by atoms with van der Waals surface area (Å²) in [6.45, 7) is 4.18. The van der Waals surface area contributed by atoms with E-state index in [9.17, 15) is 9.90 Å². The minimum atomic E-state index is -0.938. The Morgan fingerprint density at radius 1 is 1.48 bits per heavy atom. The Labute approximate surface area is 131 Å². The summed E-state index contributed by atoms with van der Waals surface area (Å²) in [7, 11) is 0. The number of carbonyl (C=O) groups is 1. The van der Waals surface area contributed by atoms with Gasteiger partial charge >= 0.3 is 5.97 Å². The van der Waals surface area contributed by atoms with Gasteiger partial charge in [-0.25, -0.2) is 9.48 Å². The van der Waals surface area contributed by atoms with Gasteiger partial charge in [-0.2, -0.15) is 5.10 Å². The summed E-state index contributed by atoms with van der Waals surface area (Å²) in [6.07, 6.45) is 2.75. The molecule has 0 amide bonds. The molecule has 0 bridgehead atoms. The van der Waals surface area contributed by atoms with Crippen LogP contribution in [0.2, 0.25) is 0 Å². The van der Waals surface area contributed by atoms with Crippen molar-refractivity contribution < 1.29 is 9.90 Å². The fraction of sp³-hybridized carbons (Fsp3) is 0.375. The monoisotopic (exact) mass is 348 g/mol. The highest BCUT2D eigenvalue weighted by Crippen LogP contribution is 2.32. The third kappa shape index (κ3) is 2.39. The van der Waals surface area contributed by atoms with Gasteiger partial charge in [0.25, 0.3) is 0 Å². The van der Waals surface area contributed by atoms with Crippen LogP contribution in [0.1, 0.15) is 40.7 Å². The zero-order chi connectivity index (χ0) is 15.1. The van der Waals surface area contributed by atoms with E-state index in [-0.39, 0.29) is 5.69 Å². The molecule has 0 aliphatic heterocycles. The van der Waals surface area contributed by atoms with Crippen LogP contribution in [0.15, 0.2) is 22.7 Å². The zero-order valence-electron chi connectivity index (χ0n) is 12.1. The van der Waals surface area contributed by atoms with Crippen LogP contribution in [0.5, 0.6) is 0 Å². The van der Waals surface area contributed by atoms with Crippen molar-refractivity contribution in [3.05, 3.63) is 45.2 Å². The normalized spacial score (nSPS) is 17.6. The summed E-state index contributed by atoms with van der Waals surface area (Å²) >= 11 is 3.53. The van der Waals surface area contributed by atoms with Crippen LogP contribution < -0.4 is 0 Å². The highest BCUT2D eigenvalue weighted by Gasteiger charge is 2.28. The third-order valence-electron chi connectivity index (χ3n) is 4.19. The van der Waals surface area contributed by atoms with Crippen molar-refractivity contribution in [3.8, 4) is 5.69 Å². The van der Waals surface area contributed by atoms with Crippen LogP contribution in [-0.2, 0) is 12.8 Å². The minimum absolute atomic E-state index is 0.205. The summed E-state index contributed by atoms with van der Waals surface area (Å²) < 4.78 is 2.83. The molecule has 21 heavy (non-hydrogen) atoms. The third-order valence-corrected chi connectivity index (χ3v) is 5.05. The van der Waals surface area contributed by atoms with E-state index in [1.54, 1.807) is 0 Å². The van der Waals surface area contributed by atoms with Crippen molar-refractivity contribution >= 4 is 21.9 Å². The molecule has 1 aromatic carbocycles. The Morgan fingerprint density at radius 2 is 2.24 bits per heavy atom. The lowest BCUT2D eigenvalue weighted by Gasteiger charge is -2.20. The van der Waals surface area contributed by atoms with E-state index in [4.69, 9.17) is 0 Å². The van der Waals surface area contributed by atoms with Crippen molar-refractivity contribution in [2.24, 2.45) is 5.92 Å². The predicted molar refractivity (Wildman–Crippen MR) is 84.1 cm³/mol. The van der Waals surface area contributed by atoms with Gasteiger partial charge in [0.1, 0.15) is 0 Å². The van der Waals surface area contributed by atoms with E-state index in [0.717, 1.165) is 46.2 Å². The molecule has 1 heterocycles. The van der Waals surface area contributed by atoms with Gasteiger partial charge in [-0.05, 0) is 49.8 Å². The topological polar surface area (TPSA) is 55.1 Å². The second-order valence-corrected chi connectivity index (χ2v) is 6.58. The Bertz CT molecular complexity index is 721. The van der Waals surface area contributed by atoms with E-state index in [1.165, 1.54) is 0 Å². The van der Waals surface area contributed by atoms with Gasteiger partial charge in [-0.1, -0.05) is 28.9 Å². The SMILES string of the molecule is Cc1c(Br)cccc1-n1nc(C(=O)O)c2c1CCC(C)C2. The van der Waals surface area contributed by atoms with Crippen molar-refractivity contribution in [2.45, 2.75) is 33.1 Å². The molecule has 1 unspecified atom stereocenters. The Balaban J connectivity index is 2.22. The summed E-state index contributed by atoms with van der Waals surface area (Å²) in [5.74, 6) is -0.427. The van der Waals surface area contributed by atoms with E-state index in [2.05, 4.69) is 28.0 Å². The van der Waals surface area contributed by atoms with E-state index < -0.39 is 5.97 Å².